The van der Waals surface area contributed by atoms with Crippen LogP contribution in [-0.2, 0) is 19.2 Å². The summed E-state index contributed by atoms with van der Waals surface area (Å²) in [6.45, 7) is 0. The largest absolute Gasteiger partial charge is 0.508 e. The summed E-state index contributed by atoms with van der Waals surface area (Å²) in [7, 11) is 0. The lowest BCUT2D eigenvalue weighted by Gasteiger charge is -2.44. The molecule has 4 aromatic carbocycles. The Bertz CT molecular complexity index is 1970. The number of allylic oxidation sites excluding steroid dienone is 2. The molecule has 2 heterocycles. The molecule has 0 aromatic heterocycles. The van der Waals surface area contributed by atoms with Gasteiger partial charge in [-0.25, -0.2) is 0 Å². The molecule has 7 nitrogen and oxygen atoms in total. The molecule has 1 saturated carbocycles. The van der Waals surface area contributed by atoms with Crippen molar-refractivity contribution in [3.8, 4) is 5.75 Å². The second-order valence-electron chi connectivity index (χ2n) is 12.2. The summed E-state index contributed by atoms with van der Waals surface area (Å²) in [5.74, 6) is -5.34. The highest BCUT2D eigenvalue weighted by Gasteiger charge is 2.62. The third kappa shape index (κ3) is 4.10. The molecule has 3 fully saturated rings. The molecule has 2 aliphatic carbocycles. The smallest absolute Gasteiger partial charge is 0.238 e. The van der Waals surface area contributed by atoms with Crippen molar-refractivity contribution in [1.82, 2.24) is 0 Å². The molecule has 8 rings (SSSR count). The van der Waals surface area contributed by atoms with Crippen molar-refractivity contribution in [2.24, 2.45) is 29.6 Å². The van der Waals surface area contributed by atoms with E-state index in [-0.39, 0.29) is 35.8 Å². The van der Waals surface area contributed by atoms with Crippen LogP contribution in [0.3, 0.4) is 0 Å². The van der Waals surface area contributed by atoms with Gasteiger partial charge in [0.25, 0.3) is 0 Å². The third-order valence-corrected chi connectivity index (χ3v) is 10.6. The van der Waals surface area contributed by atoms with E-state index in [0.717, 1.165) is 16.3 Å². The molecule has 6 atom stereocenters. The Morgan fingerprint density at radius 2 is 1.20 bits per heavy atom. The number of hydrogen-bond acceptors (Lipinski definition) is 5. The summed E-state index contributed by atoms with van der Waals surface area (Å²) in [5.41, 5.74) is 2.24. The van der Waals surface area contributed by atoms with Gasteiger partial charge in [-0.15, -0.1) is 0 Å². The molecule has 0 unspecified atom stereocenters. The Kier molecular flexibility index (Phi) is 6.41. The Morgan fingerprint density at radius 3 is 1.84 bits per heavy atom. The van der Waals surface area contributed by atoms with Gasteiger partial charge < -0.3 is 5.11 Å². The molecule has 0 radical (unpaired) electrons. The molecular weight excluding hydrogens is 611 g/mol. The highest BCUT2D eigenvalue weighted by molar-refractivity contribution is 6.31. The number of halogens is 2. The second-order valence-corrected chi connectivity index (χ2v) is 13.1. The minimum atomic E-state index is -0.802. The van der Waals surface area contributed by atoms with Crippen LogP contribution < -0.4 is 9.80 Å². The van der Waals surface area contributed by atoms with Gasteiger partial charge in [0, 0.05) is 21.5 Å². The molecule has 4 amide bonds. The zero-order valence-corrected chi connectivity index (χ0v) is 25.3. The van der Waals surface area contributed by atoms with Crippen LogP contribution in [0.4, 0.5) is 11.4 Å². The van der Waals surface area contributed by atoms with Gasteiger partial charge in [0.15, 0.2) is 0 Å². The van der Waals surface area contributed by atoms with E-state index in [1.165, 1.54) is 9.80 Å². The SMILES string of the molecule is O=C1[C@H]2[C@H](CC=C3[C@H]2C[C@H]2C(=O)N(c4ccc(Cl)cc4)C(=O)[C@H]2[C@H]3c2c(O)ccc3ccccc23)C(=O)N1c1ccc(Cl)cc1. The number of nitrogens with zero attached hydrogens (tertiary/aromatic N) is 2. The highest BCUT2D eigenvalue weighted by Crippen LogP contribution is 2.60. The minimum absolute atomic E-state index is 0.0166. The van der Waals surface area contributed by atoms with Gasteiger partial charge in [0.05, 0.1) is 35.0 Å². The molecule has 4 aromatic rings. The quantitative estimate of drug-likeness (QED) is 0.195. The third-order valence-electron chi connectivity index (χ3n) is 10.1. The molecular formula is C36H26Cl2N2O5. The van der Waals surface area contributed by atoms with Gasteiger partial charge in [-0.05, 0) is 84.1 Å². The van der Waals surface area contributed by atoms with Crippen LogP contribution in [0, 0.1) is 29.6 Å². The first-order chi connectivity index (χ1) is 21.7. The molecule has 0 spiro atoms. The number of hydrogen-bond donors (Lipinski definition) is 1. The van der Waals surface area contributed by atoms with Crippen LogP contribution in [0.5, 0.6) is 5.75 Å². The number of aromatic hydroxyl groups is 1. The normalized spacial score (nSPS) is 27.5. The number of amides is 4. The Hall–Kier alpha value is -4.46. The predicted molar refractivity (Wildman–Crippen MR) is 171 cm³/mol. The molecule has 1 N–H and O–H groups in total. The maximum absolute atomic E-state index is 14.4. The van der Waals surface area contributed by atoms with E-state index < -0.39 is 35.5 Å². The number of benzene rings is 4. The summed E-state index contributed by atoms with van der Waals surface area (Å²) in [5, 5.41) is 14.1. The second kappa shape index (κ2) is 10.3. The standard InChI is InChI=1S/C36H26Cl2N2O5/c37-19-6-10-21(11-7-19)39-33(42)25-15-14-24-26(29(25)35(39)44)17-27-32(36(45)40(34(27)43)22-12-8-20(38)9-13-22)31(24)30-23-4-2-1-3-18(23)5-16-28(30)41/h1-14,16,25-27,29,31-32,41H,15,17H2/t25-,26+,27+,29-,31+,32+/m0/s1. The van der Waals surface area contributed by atoms with Crippen molar-refractivity contribution in [3.63, 3.8) is 0 Å². The summed E-state index contributed by atoms with van der Waals surface area (Å²) >= 11 is 12.2. The average molecular weight is 638 g/mol. The van der Waals surface area contributed by atoms with Gasteiger partial charge in [0.2, 0.25) is 23.6 Å². The number of phenols is 1. The Balaban J connectivity index is 1.29. The van der Waals surface area contributed by atoms with Gasteiger partial charge in [-0.3, -0.25) is 29.0 Å². The summed E-state index contributed by atoms with van der Waals surface area (Å²) in [6, 6.07) is 24.2. The monoisotopic (exact) mass is 636 g/mol. The number of carbonyl (C=O) groups is 4. The lowest BCUT2D eigenvalue weighted by molar-refractivity contribution is -0.126. The molecule has 9 heteroatoms. The number of phenolic OH excluding ortho intramolecular Hbond substituents is 1. The first-order valence-corrected chi connectivity index (χ1v) is 15.7. The van der Waals surface area contributed by atoms with Gasteiger partial charge >= 0.3 is 0 Å². The van der Waals surface area contributed by atoms with E-state index in [1.54, 1.807) is 54.6 Å². The van der Waals surface area contributed by atoms with E-state index in [1.807, 2.05) is 36.4 Å². The highest BCUT2D eigenvalue weighted by atomic mass is 35.5. The van der Waals surface area contributed by atoms with Gasteiger partial charge in [0.1, 0.15) is 5.75 Å². The molecule has 4 aliphatic rings. The molecule has 0 bridgehead atoms. The van der Waals surface area contributed by atoms with Crippen LogP contribution in [0.25, 0.3) is 10.8 Å². The fraction of sp³-hybridized carbons (Fsp3) is 0.222. The summed E-state index contributed by atoms with van der Waals surface area (Å²) in [4.78, 5) is 59.0. The molecule has 2 aliphatic heterocycles. The fourth-order valence-electron chi connectivity index (χ4n) is 8.21. The van der Waals surface area contributed by atoms with Gasteiger partial charge in [-0.1, -0.05) is 65.2 Å². The van der Waals surface area contributed by atoms with E-state index in [4.69, 9.17) is 23.2 Å². The van der Waals surface area contributed by atoms with Crippen molar-refractivity contribution < 1.29 is 24.3 Å². The lowest BCUT2D eigenvalue weighted by Crippen LogP contribution is -2.43. The van der Waals surface area contributed by atoms with Crippen LogP contribution in [0.15, 0.2) is 96.6 Å². The first-order valence-electron chi connectivity index (χ1n) is 14.9. The van der Waals surface area contributed by atoms with E-state index in [9.17, 15) is 24.3 Å². The number of imide groups is 2. The van der Waals surface area contributed by atoms with Gasteiger partial charge in [-0.2, -0.15) is 0 Å². The Labute approximate surface area is 268 Å². The predicted octanol–water partition coefficient (Wildman–Crippen LogP) is 6.90. The van der Waals surface area contributed by atoms with Crippen molar-refractivity contribution >= 4 is 69.0 Å². The van der Waals surface area contributed by atoms with E-state index in [0.29, 0.717) is 33.4 Å². The summed E-state index contributed by atoms with van der Waals surface area (Å²) < 4.78 is 0. The number of carbonyl (C=O) groups excluding carboxylic acids is 4. The molecule has 2 saturated heterocycles. The van der Waals surface area contributed by atoms with Crippen molar-refractivity contribution in [1.29, 1.82) is 0 Å². The number of anilines is 2. The fourth-order valence-corrected chi connectivity index (χ4v) is 8.46. The van der Waals surface area contributed by atoms with Crippen LogP contribution in [0.2, 0.25) is 10.0 Å². The van der Waals surface area contributed by atoms with Crippen molar-refractivity contribution in [2.45, 2.75) is 18.8 Å². The number of rotatable bonds is 3. The average Bonchev–Trinajstić information content (AvgIpc) is 3.45. The number of fused-ring (bicyclic) bond motifs is 5. The van der Waals surface area contributed by atoms with Crippen LogP contribution >= 0.6 is 23.2 Å². The van der Waals surface area contributed by atoms with E-state index >= 15 is 0 Å². The first kappa shape index (κ1) is 28.0. The Morgan fingerprint density at radius 1 is 0.622 bits per heavy atom. The summed E-state index contributed by atoms with van der Waals surface area (Å²) in [6.07, 6.45) is 2.53. The minimum Gasteiger partial charge on any atom is -0.508 e. The topological polar surface area (TPSA) is 95.0 Å². The maximum atomic E-state index is 14.4. The lowest BCUT2D eigenvalue weighted by atomic mass is 9.56. The molecule has 45 heavy (non-hydrogen) atoms. The molecule has 224 valence electrons. The van der Waals surface area contributed by atoms with Crippen molar-refractivity contribution in [2.75, 3.05) is 9.80 Å². The maximum Gasteiger partial charge on any atom is 0.238 e. The van der Waals surface area contributed by atoms with E-state index in [2.05, 4.69) is 0 Å². The zero-order chi connectivity index (χ0) is 31.1. The van der Waals surface area contributed by atoms with Crippen LogP contribution in [-0.4, -0.2) is 28.7 Å². The van der Waals surface area contributed by atoms with Crippen molar-refractivity contribution in [3.05, 3.63) is 112 Å². The van der Waals surface area contributed by atoms with Crippen LogP contribution in [0.1, 0.15) is 24.3 Å². The zero-order valence-electron chi connectivity index (χ0n) is 23.8.